The number of nitrogens with one attached hydrogen (secondary N) is 2. The Morgan fingerprint density at radius 1 is 1.20 bits per heavy atom. The second-order valence-electron chi connectivity index (χ2n) is 6.04. The number of likely N-dealkylation sites (N-methyl/N-ethyl adjacent to an activating group) is 1. The molecule has 1 aromatic carbocycles. The smallest absolute Gasteiger partial charge is 0.243 e. The van der Waals surface area contributed by atoms with Gasteiger partial charge in [-0.1, -0.05) is 13.8 Å². The number of hydrogen-bond acceptors (Lipinski definition) is 5. The normalized spacial score (nSPS) is 15.0. The molecule has 8 heteroatoms. The number of amides is 1. The van der Waals surface area contributed by atoms with Crippen molar-refractivity contribution in [3.63, 3.8) is 0 Å². The van der Waals surface area contributed by atoms with Crippen LogP contribution in [0.4, 0.5) is 11.4 Å². The molecule has 0 unspecified atom stereocenters. The number of rotatable bonds is 8. The van der Waals surface area contributed by atoms with Gasteiger partial charge >= 0.3 is 0 Å². The van der Waals surface area contributed by atoms with Gasteiger partial charge in [0.1, 0.15) is 0 Å². The van der Waals surface area contributed by atoms with E-state index in [-0.39, 0.29) is 17.3 Å². The number of hydrogen-bond donors (Lipinski definition) is 2. The summed E-state index contributed by atoms with van der Waals surface area (Å²) in [6.45, 7) is 6.45. The second kappa shape index (κ2) is 8.64. The maximum Gasteiger partial charge on any atom is 0.243 e. The molecule has 0 aromatic heterocycles. The molecule has 2 N–H and O–H groups in total. The highest BCUT2D eigenvalue weighted by Gasteiger charge is 2.24. The monoisotopic (exact) mass is 368 g/mol. The minimum Gasteiger partial charge on any atom is -0.370 e. The van der Waals surface area contributed by atoms with Gasteiger partial charge in [0.2, 0.25) is 15.9 Å². The van der Waals surface area contributed by atoms with Crippen molar-refractivity contribution in [2.24, 2.45) is 0 Å². The molecular weight excluding hydrogens is 340 g/mol. The first-order valence-electron chi connectivity index (χ1n) is 8.77. The number of carbonyl (C=O) groups is 1. The van der Waals surface area contributed by atoms with Crippen molar-refractivity contribution in [2.75, 3.05) is 50.0 Å². The molecule has 25 heavy (non-hydrogen) atoms. The largest absolute Gasteiger partial charge is 0.370 e. The Morgan fingerprint density at radius 2 is 1.84 bits per heavy atom. The molecular formula is C17H28N4O3S. The standard InChI is InChI=1S/C17H28N4O3S/c1-4-21(5-2)25(23,24)14-8-9-16(20-10-6-7-11-20)15(12-14)19-17(22)13-18-3/h8-9,12,18H,4-7,10-11,13H2,1-3H3,(H,19,22). The van der Waals surface area contributed by atoms with Crippen LogP contribution in [0, 0.1) is 0 Å². The van der Waals surface area contributed by atoms with Crippen LogP contribution in [0.3, 0.4) is 0 Å². The molecule has 1 fully saturated rings. The van der Waals surface area contributed by atoms with Gasteiger partial charge in [0.05, 0.1) is 22.8 Å². The molecule has 0 saturated carbocycles. The predicted octanol–water partition coefficient (Wildman–Crippen LogP) is 1.48. The number of carbonyl (C=O) groups excluding carboxylic acids is 1. The van der Waals surface area contributed by atoms with Crippen molar-refractivity contribution in [1.82, 2.24) is 9.62 Å². The first-order chi connectivity index (χ1) is 11.9. The Morgan fingerprint density at radius 3 is 2.40 bits per heavy atom. The lowest BCUT2D eigenvalue weighted by atomic mass is 10.2. The molecule has 2 rings (SSSR count). The van der Waals surface area contributed by atoms with E-state index in [9.17, 15) is 13.2 Å². The number of anilines is 2. The minimum atomic E-state index is -3.56. The van der Waals surface area contributed by atoms with Crippen LogP contribution in [0.1, 0.15) is 26.7 Å². The maximum atomic E-state index is 12.8. The molecule has 1 aliphatic rings. The average molecular weight is 369 g/mol. The summed E-state index contributed by atoms with van der Waals surface area (Å²) in [6.07, 6.45) is 2.20. The van der Waals surface area contributed by atoms with E-state index in [2.05, 4.69) is 15.5 Å². The Bertz CT molecular complexity index is 696. The Kier molecular flexibility index (Phi) is 6.80. The van der Waals surface area contributed by atoms with Gasteiger partial charge in [-0.15, -0.1) is 0 Å². The first-order valence-corrected chi connectivity index (χ1v) is 10.2. The third-order valence-corrected chi connectivity index (χ3v) is 6.42. The van der Waals surface area contributed by atoms with Crippen molar-refractivity contribution in [2.45, 2.75) is 31.6 Å². The lowest BCUT2D eigenvalue weighted by molar-refractivity contribution is -0.115. The molecule has 0 atom stereocenters. The van der Waals surface area contributed by atoms with Crippen molar-refractivity contribution in [3.05, 3.63) is 18.2 Å². The third-order valence-electron chi connectivity index (χ3n) is 4.37. The highest BCUT2D eigenvalue weighted by atomic mass is 32.2. The molecule has 1 heterocycles. The summed E-state index contributed by atoms with van der Waals surface area (Å²) < 4.78 is 27.0. The maximum absolute atomic E-state index is 12.8. The number of benzene rings is 1. The summed E-state index contributed by atoms with van der Waals surface area (Å²) in [4.78, 5) is 14.4. The summed E-state index contributed by atoms with van der Waals surface area (Å²) in [5, 5.41) is 5.66. The lowest BCUT2D eigenvalue weighted by Crippen LogP contribution is -2.31. The van der Waals surface area contributed by atoms with Gasteiger partial charge in [0.25, 0.3) is 0 Å². The summed E-state index contributed by atoms with van der Waals surface area (Å²) in [5.74, 6) is -0.194. The van der Waals surface area contributed by atoms with Crippen molar-refractivity contribution >= 4 is 27.3 Å². The van der Waals surface area contributed by atoms with Crippen molar-refractivity contribution < 1.29 is 13.2 Å². The van der Waals surface area contributed by atoms with Gasteiger partial charge in [-0.05, 0) is 38.1 Å². The van der Waals surface area contributed by atoms with Gasteiger partial charge in [-0.25, -0.2) is 8.42 Å². The van der Waals surface area contributed by atoms with E-state index in [1.54, 1.807) is 25.2 Å². The van der Waals surface area contributed by atoms with Crippen molar-refractivity contribution in [1.29, 1.82) is 0 Å². The molecule has 0 aliphatic carbocycles. The molecule has 0 spiro atoms. The van der Waals surface area contributed by atoms with E-state index in [1.165, 1.54) is 4.31 Å². The number of sulfonamides is 1. The van der Waals surface area contributed by atoms with E-state index in [0.29, 0.717) is 18.8 Å². The summed E-state index contributed by atoms with van der Waals surface area (Å²) in [5.41, 5.74) is 1.43. The quantitative estimate of drug-likeness (QED) is 0.726. The van der Waals surface area contributed by atoms with Crippen LogP contribution < -0.4 is 15.5 Å². The second-order valence-corrected chi connectivity index (χ2v) is 7.98. The van der Waals surface area contributed by atoms with Crippen LogP contribution >= 0.6 is 0 Å². The van der Waals surface area contributed by atoms with Crippen LogP contribution in [-0.2, 0) is 14.8 Å². The predicted molar refractivity (Wildman–Crippen MR) is 101 cm³/mol. The third kappa shape index (κ3) is 4.50. The minimum absolute atomic E-state index is 0.173. The zero-order valence-corrected chi connectivity index (χ0v) is 16.0. The average Bonchev–Trinajstić information content (AvgIpc) is 3.10. The van der Waals surface area contributed by atoms with Crippen LogP contribution in [0.2, 0.25) is 0 Å². The molecule has 1 aromatic rings. The summed E-state index contributed by atoms with van der Waals surface area (Å²) >= 11 is 0. The van der Waals surface area contributed by atoms with E-state index >= 15 is 0 Å². The molecule has 0 radical (unpaired) electrons. The highest BCUT2D eigenvalue weighted by Crippen LogP contribution is 2.32. The van der Waals surface area contributed by atoms with Crippen LogP contribution in [0.15, 0.2) is 23.1 Å². The Balaban J connectivity index is 2.42. The van der Waals surface area contributed by atoms with Crippen molar-refractivity contribution in [3.8, 4) is 0 Å². The van der Waals surface area contributed by atoms with Gasteiger partial charge in [-0.3, -0.25) is 4.79 Å². The molecule has 7 nitrogen and oxygen atoms in total. The van der Waals surface area contributed by atoms with E-state index < -0.39 is 10.0 Å². The molecule has 140 valence electrons. The Hall–Kier alpha value is -1.64. The van der Waals surface area contributed by atoms with Crippen LogP contribution in [0.25, 0.3) is 0 Å². The molecule has 1 saturated heterocycles. The first kappa shape index (κ1) is 19.7. The summed E-state index contributed by atoms with van der Waals surface area (Å²) in [6, 6.07) is 5.01. The molecule has 0 bridgehead atoms. The fourth-order valence-corrected chi connectivity index (χ4v) is 4.56. The van der Waals surface area contributed by atoms with Crippen LogP contribution in [0.5, 0.6) is 0 Å². The van der Waals surface area contributed by atoms with Crippen LogP contribution in [-0.4, -0.2) is 58.4 Å². The van der Waals surface area contributed by atoms with E-state index in [0.717, 1.165) is 31.6 Å². The fourth-order valence-electron chi connectivity index (χ4n) is 3.08. The highest BCUT2D eigenvalue weighted by molar-refractivity contribution is 7.89. The van der Waals surface area contributed by atoms with Gasteiger partial charge < -0.3 is 15.5 Å². The van der Waals surface area contributed by atoms with Gasteiger partial charge in [0.15, 0.2) is 0 Å². The number of nitrogens with zero attached hydrogens (tertiary/aromatic N) is 2. The fraction of sp³-hybridized carbons (Fsp3) is 0.588. The summed E-state index contributed by atoms with van der Waals surface area (Å²) in [7, 11) is -1.87. The van der Waals surface area contributed by atoms with Gasteiger partial charge in [-0.2, -0.15) is 4.31 Å². The molecule has 1 amide bonds. The van der Waals surface area contributed by atoms with Gasteiger partial charge in [0, 0.05) is 26.2 Å². The Labute approximate surface area is 150 Å². The topological polar surface area (TPSA) is 81.8 Å². The SMILES string of the molecule is CCN(CC)S(=O)(=O)c1ccc(N2CCCC2)c(NC(=O)CNC)c1. The zero-order chi connectivity index (χ0) is 18.4. The lowest BCUT2D eigenvalue weighted by Gasteiger charge is -2.24. The van der Waals surface area contributed by atoms with E-state index in [4.69, 9.17) is 0 Å². The molecule has 1 aliphatic heterocycles. The van der Waals surface area contributed by atoms with E-state index in [1.807, 2.05) is 13.8 Å². The zero-order valence-electron chi connectivity index (χ0n) is 15.2.